The molecule has 0 amide bonds. The topological polar surface area (TPSA) is 35.5 Å². The number of hydrogen-bond donors (Lipinski definition) is 0. The summed E-state index contributed by atoms with van der Waals surface area (Å²) in [5, 5.41) is 0. The van der Waals surface area contributed by atoms with Gasteiger partial charge in [-0.15, -0.1) is 0 Å². The summed E-state index contributed by atoms with van der Waals surface area (Å²) in [5.74, 6) is -3.32. The van der Waals surface area contributed by atoms with E-state index in [1.165, 1.54) is 6.07 Å². The second-order valence-electron chi connectivity index (χ2n) is 3.81. The molecule has 9 heteroatoms. The maximum atomic E-state index is 13.0. The van der Waals surface area contributed by atoms with E-state index < -0.39 is 36.3 Å². The molecule has 1 rings (SSSR count). The highest BCUT2D eigenvalue weighted by molar-refractivity contribution is 5.82. The molecule has 0 aliphatic carbocycles. The Morgan fingerprint density at radius 1 is 1.00 bits per heavy atom. The van der Waals surface area contributed by atoms with Gasteiger partial charge in [-0.2, -0.15) is 26.3 Å². The van der Waals surface area contributed by atoms with Crippen LogP contribution in [0.1, 0.15) is 6.92 Å². The molecule has 0 aliphatic heterocycles. The van der Waals surface area contributed by atoms with Crippen LogP contribution in [0.15, 0.2) is 30.3 Å². The van der Waals surface area contributed by atoms with Crippen molar-refractivity contribution in [2.75, 3.05) is 6.61 Å². The third-order valence-corrected chi connectivity index (χ3v) is 2.38. The van der Waals surface area contributed by atoms with Gasteiger partial charge in [-0.3, -0.25) is 0 Å². The van der Waals surface area contributed by atoms with Crippen LogP contribution in [0.4, 0.5) is 26.3 Å². The molecule has 0 bridgehead atoms. The second kappa shape index (κ2) is 5.82. The monoisotopic (exact) mass is 316 g/mol. The molecule has 0 saturated carbocycles. The van der Waals surface area contributed by atoms with E-state index in [1.807, 2.05) is 0 Å². The Hall–Kier alpha value is -1.93. The number of para-hydroxylation sites is 1. The van der Waals surface area contributed by atoms with E-state index in [4.69, 9.17) is 0 Å². The van der Waals surface area contributed by atoms with Crippen LogP contribution in [0.5, 0.6) is 5.75 Å². The number of alkyl halides is 6. The predicted molar refractivity (Wildman–Crippen MR) is 58.5 cm³/mol. The van der Waals surface area contributed by atoms with E-state index in [2.05, 4.69) is 9.47 Å². The van der Waals surface area contributed by atoms with Crippen molar-refractivity contribution < 1.29 is 40.6 Å². The van der Waals surface area contributed by atoms with Gasteiger partial charge >= 0.3 is 23.9 Å². The Labute approximate surface area is 115 Å². The number of halogens is 6. The molecule has 21 heavy (non-hydrogen) atoms. The molecule has 0 aliphatic rings. The normalized spacial score (nSPS) is 12.9. The van der Waals surface area contributed by atoms with Crippen LogP contribution in [0.3, 0.4) is 0 Å². The Morgan fingerprint density at radius 2 is 1.48 bits per heavy atom. The van der Waals surface area contributed by atoms with Crippen molar-refractivity contribution in [3.8, 4) is 5.75 Å². The van der Waals surface area contributed by atoms with E-state index in [-0.39, 0.29) is 0 Å². The molecule has 0 unspecified atom stereocenters. The molecule has 1 aromatic rings. The van der Waals surface area contributed by atoms with Gasteiger partial charge < -0.3 is 9.47 Å². The van der Waals surface area contributed by atoms with Gasteiger partial charge in [0.1, 0.15) is 5.75 Å². The van der Waals surface area contributed by atoms with Crippen molar-refractivity contribution in [1.29, 1.82) is 0 Å². The zero-order valence-corrected chi connectivity index (χ0v) is 10.6. The van der Waals surface area contributed by atoms with Gasteiger partial charge in [-0.25, -0.2) is 4.79 Å². The summed E-state index contributed by atoms with van der Waals surface area (Å²) in [6.07, 6.45) is -12.1. The first kappa shape index (κ1) is 17.1. The largest absolute Gasteiger partial charge is 0.462 e. The quantitative estimate of drug-likeness (QED) is 0.630. The average Bonchev–Trinajstić information content (AvgIpc) is 2.34. The van der Waals surface area contributed by atoms with Gasteiger partial charge in [0.2, 0.25) is 0 Å². The lowest BCUT2D eigenvalue weighted by Crippen LogP contribution is -2.66. The molecular weight excluding hydrogens is 306 g/mol. The standard InChI is InChI=1S/C12H10F6O3/c1-2-20-9(19)10(11(13,14)15,12(16,17)18)21-8-6-4-3-5-7-8/h3-7H,2H2,1H3. The number of rotatable bonds is 4. The van der Waals surface area contributed by atoms with Crippen LogP contribution in [-0.4, -0.2) is 30.5 Å². The molecule has 0 N–H and O–H groups in total. The molecular formula is C12H10F6O3. The minimum atomic E-state index is -6.05. The molecule has 1 aromatic carbocycles. The van der Waals surface area contributed by atoms with Gasteiger partial charge in [0, 0.05) is 0 Å². The van der Waals surface area contributed by atoms with Crippen LogP contribution in [0.25, 0.3) is 0 Å². The molecule has 0 radical (unpaired) electrons. The lowest BCUT2D eigenvalue weighted by atomic mass is 10.0. The van der Waals surface area contributed by atoms with Crippen LogP contribution >= 0.6 is 0 Å². The Morgan fingerprint density at radius 3 is 1.86 bits per heavy atom. The molecule has 0 spiro atoms. The van der Waals surface area contributed by atoms with Crippen molar-refractivity contribution in [2.24, 2.45) is 0 Å². The number of ether oxygens (including phenoxy) is 2. The van der Waals surface area contributed by atoms with Crippen LogP contribution in [0.2, 0.25) is 0 Å². The van der Waals surface area contributed by atoms with E-state index in [0.717, 1.165) is 31.2 Å². The fourth-order valence-corrected chi connectivity index (χ4v) is 1.45. The zero-order valence-electron chi connectivity index (χ0n) is 10.6. The fraction of sp³-hybridized carbons (Fsp3) is 0.417. The Bertz CT molecular complexity index is 466. The third-order valence-electron chi connectivity index (χ3n) is 2.38. The second-order valence-corrected chi connectivity index (χ2v) is 3.81. The number of carbonyl (C=O) groups is 1. The first-order valence-electron chi connectivity index (χ1n) is 5.61. The van der Waals surface area contributed by atoms with Gasteiger partial charge in [-0.1, -0.05) is 18.2 Å². The molecule has 0 aromatic heterocycles. The minimum Gasteiger partial charge on any atom is -0.462 e. The molecule has 0 atom stereocenters. The lowest BCUT2D eigenvalue weighted by Gasteiger charge is -2.34. The maximum absolute atomic E-state index is 13.0. The van der Waals surface area contributed by atoms with Crippen molar-refractivity contribution in [3.63, 3.8) is 0 Å². The lowest BCUT2D eigenvalue weighted by molar-refractivity contribution is -0.347. The number of carbonyl (C=O) groups excluding carboxylic acids is 1. The highest BCUT2D eigenvalue weighted by Crippen LogP contribution is 2.47. The molecule has 0 heterocycles. The minimum absolute atomic E-state index is 0.662. The summed E-state index contributed by atoms with van der Waals surface area (Å²) < 4.78 is 85.9. The van der Waals surface area contributed by atoms with E-state index in [0.29, 0.717) is 0 Å². The zero-order chi connectivity index (χ0) is 16.3. The van der Waals surface area contributed by atoms with Crippen LogP contribution < -0.4 is 4.74 Å². The van der Waals surface area contributed by atoms with E-state index in [1.54, 1.807) is 0 Å². The Kier molecular flexibility index (Phi) is 4.75. The first-order chi connectivity index (χ1) is 9.56. The maximum Gasteiger partial charge on any atom is 0.449 e. The molecule has 0 fully saturated rings. The van der Waals surface area contributed by atoms with Crippen LogP contribution in [0, 0.1) is 0 Å². The SMILES string of the molecule is CCOC(=O)C(Oc1ccccc1)(C(F)(F)F)C(F)(F)F. The van der Waals surface area contributed by atoms with E-state index in [9.17, 15) is 31.1 Å². The number of benzene rings is 1. The number of esters is 1. The summed E-state index contributed by atoms with van der Waals surface area (Å²) >= 11 is 0. The summed E-state index contributed by atoms with van der Waals surface area (Å²) in [6.45, 7) is 0.419. The number of hydrogen-bond acceptors (Lipinski definition) is 3. The fourth-order valence-electron chi connectivity index (χ4n) is 1.45. The Balaban J connectivity index is 3.42. The van der Waals surface area contributed by atoms with Crippen molar-refractivity contribution >= 4 is 5.97 Å². The third kappa shape index (κ3) is 3.22. The summed E-state index contributed by atoms with van der Waals surface area (Å²) in [4.78, 5) is 11.4. The van der Waals surface area contributed by atoms with E-state index >= 15 is 0 Å². The van der Waals surface area contributed by atoms with Gasteiger partial charge in [-0.05, 0) is 19.1 Å². The predicted octanol–water partition coefficient (Wildman–Crippen LogP) is 3.49. The molecule has 0 saturated heterocycles. The van der Waals surface area contributed by atoms with Gasteiger partial charge in [0.25, 0.3) is 0 Å². The first-order valence-corrected chi connectivity index (χ1v) is 5.61. The average molecular weight is 316 g/mol. The van der Waals surface area contributed by atoms with Gasteiger partial charge in [0.05, 0.1) is 6.61 Å². The summed E-state index contributed by atoms with van der Waals surface area (Å²) in [5.41, 5.74) is -5.07. The molecule has 118 valence electrons. The molecule has 3 nitrogen and oxygen atoms in total. The van der Waals surface area contributed by atoms with Crippen molar-refractivity contribution in [2.45, 2.75) is 24.9 Å². The highest BCUT2D eigenvalue weighted by atomic mass is 19.4. The van der Waals surface area contributed by atoms with Crippen LogP contribution in [-0.2, 0) is 9.53 Å². The van der Waals surface area contributed by atoms with Crippen molar-refractivity contribution in [3.05, 3.63) is 30.3 Å². The summed E-state index contributed by atoms with van der Waals surface area (Å²) in [7, 11) is 0. The van der Waals surface area contributed by atoms with Gasteiger partial charge in [0.15, 0.2) is 0 Å². The van der Waals surface area contributed by atoms with Crippen molar-refractivity contribution in [1.82, 2.24) is 0 Å². The smallest absolute Gasteiger partial charge is 0.449 e. The highest BCUT2D eigenvalue weighted by Gasteiger charge is 2.80. The summed E-state index contributed by atoms with van der Waals surface area (Å²) in [6, 6.07) is 5.42.